The van der Waals surface area contributed by atoms with E-state index in [0.29, 0.717) is 5.56 Å². The lowest BCUT2D eigenvalue weighted by atomic mass is 9.95. The quantitative estimate of drug-likeness (QED) is 0.791. The highest BCUT2D eigenvalue weighted by Crippen LogP contribution is 2.26. The number of ether oxygens (including phenoxy) is 2. The number of esters is 2. The summed E-state index contributed by atoms with van der Waals surface area (Å²) < 4.78 is 10.4. The lowest BCUT2D eigenvalue weighted by Crippen LogP contribution is -2.43. The van der Waals surface area contributed by atoms with Crippen LogP contribution in [-0.2, 0) is 14.3 Å². The molecule has 1 unspecified atom stereocenters. The Morgan fingerprint density at radius 2 is 1.95 bits per heavy atom. The highest BCUT2D eigenvalue weighted by Gasteiger charge is 2.41. The number of benzene rings is 1. The van der Waals surface area contributed by atoms with Gasteiger partial charge >= 0.3 is 11.9 Å². The van der Waals surface area contributed by atoms with Crippen molar-refractivity contribution in [3.05, 3.63) is 60.2 Å². The van der Waals surface area contributed by atoms with Gasteiger partial charge in [-0.2, -0.15) is 0 Å². The van der Waals surface area contributed by atoms with E-state index in [4.69, 9.17) is 9.47 Å². The van der Waals surface area contributed by atoms with Crippen molar-refractivity contribution >= 4 is 11.9 Å². The van der Waals surface area contributed by atoms with Crippen molar-refractivity contribution in [1.82, 2.24) is 0 Å². The maximum absolute atomic E-state index is 12.1. The van der Waals surface area contributed by atoms with Gasteiger partial charge in [0.05, 0.1) is 12.2 Å². The van der Waals surface area contributed by atoms with Crippen molar-refractivity contribution < 1.29 is 19.1 Å². The van der Waals surface area contributed by atoms with Gasteiger partial charge in [-0.25, -0.2) is 9.59 Å². The van der Waals surface area contributed by atoms with Gasteiger partial charge in [0, 0.05) is 6.42 Å². The molecule has 104 valence electrons. The third-order valence-corrected chi connectivity index (χ3v) is 2.94. The molecule has 4 heteroatoms. The first kappa shape index (κ1) is 14.1. The van der Waals surface area contributed by atoms with Crippen molar-refractivity contribution in [2.45, 2.75) is 18.9 Å². The molecule has 0 bridgehead atoms. The van der Waals surface area contributed by atoms with E-state index in [9.17, 15) is 9.59 Å². The van der Waals surface area contributed by atoms with E-state index in [-0.39, 0.29) is 13.0 Å². The second kappa shape index (κ2) is 6.19. The van der Waals surface area contributed by atoms with Gasteiger partial charge in [-0.05, 0) is 25.1 Å². The zero-order chi connectivity index (χ0) is 14.4. The largest absolute Gasteiger partial charge is 0.463 e. The van der Waals surface area contributed by atoms with Gasteiger partial charge in [-0.1, -0.05) is 36.4 Å². The molecule has 2 rings (SSSR count). The van der Waals surface area contributed by atoms with Crippen molar-refractivity contribution in [3.63, 3.8) is 0 Å². The predicted molar refractivity (Wildman–Crippen MR) is 74.1 cm³/mol. The number of carbonyl (C=O) groups is 2. The third-order valence-electron chi connectivity index (χ3n) is 2.94. The Labute approximate surface area is 117 Å². The smallest absolute Gasteiger partial charge is 0.355 e. The summed E-state index contributed by atoms with van der Waals surface area (Å²) in [4.78, 5) is 24.2. The van der Waals surface area contributed by atoms with Gasteiger partial charge in [-0.3, -0.25) is 0 Å². The van der Waals surface area contributed by atoms with Gasteiger partial charge in [0.25, 0.3) is 0 Å². The maximum atomic E-state index is 12.1. The zero-order valence-electron chi connectivity index (χ0n) is 11.2. The number of carbonyl (C=O) groups excluding carboxylic acids is 2. The summed E-state index contributed by atoms with van der Waals surface area (Å²) in [6, 6.07) is 8.57. The molecule has 4 nitrogen and oxygen atoms in total. The van der Waals surface area contributed by atoms with Crippen LogP contribution in [0.2, 0.25) is 0 Å². The van der Waals surface area contributed by atoms with E-state index < -0.39 is 17.5 Å². The van der Waals surface area contributed by atoms with Crippen molar-refractivity contribution in [3.8, 4) is 0 Å². The number of allylic oxidation sites excluding steroid dienone is 2. The normalized spacial score (nSPS) is 20.4. The molecular formula is C16H16O4. The SMILES string of the molecule is CCOC(=O)C1(OC(=O)c2ccccc2)C=CC=CC1. The first-order valence-corrected chi connectivity index (χ1v) is 6.48. The van der Waals surface area contributed by atoms with Crippen LogP contribution in [0.4, 0.5) is 0 Å². The lowest BCUT2D eigenvalue weighted by Gasteiger charge is -2.28. The summed E-state index contributed by atoms with van der Waals surface area (Å²) in [7, 11) is 0. The summed E-state index contributed by atoms with van der Waals surface area (Å²) in [5.41, 5.74) is -0.961. The zero-order valence-corrected chi connectivity index (χ0v) is 11.2. The van der Waals surface area contributed by atoms with Crippen LogP contribution in [0.1, 0.15) is 23.7 Å². The molecule has 1 aliphatic carbocycles. The summed E-state index contributed by atoms with van der Waals surface area (Å²) in [6.45, 7) is 1.95. The fourth-order valence-corrected chi connectivity index (χ4v) is 1.92. The van der Waals surface area contributed by atoms with Crippen molar-refractivity contribution in [2.24, 2.45) is 0 Å². The molecule has 0 saturated heterocycles. The molecule has 1 aromatic carbocycles. The van der Waals surface area contributed by atoms with Crippen molar-refractivity contribution in [2.75, 3.05) is 6.61 Å². The molecule has 0 saturated carbocycles. The fraction of sp³-hybridized carbons (Fsp3) is 0.250. The predicted octanol–water partition coefficient (Wildman–Crippen LogP) is 2.66. The second-order valence-corrected chi connectivity index (χ2v) is 4.36. The Morgan fingerprint density at radius 3 is 2.55 bits per heavy atom. The standard InChI is InChI=1S/C16H16O4/c1-2-19-15(18)16(11-7-4-8-12-16)20-14(17)13-9-5-3-6-10-13/h3-11H,2,12H2,1H3. The van der Waals surface area contributed by atoms with Crippen LogP contribution < -0.4 is 0 Å². The van der Waals surface area contributed by atoms with Gasteiger partial charge in [-0.15, -0.1) is 0 Å². The van der Waals surface area contributed by atoms with Crippen LogP contribution in [0, 0.1) is 0 Å². The molecule has 0 heterocycles. The van der Waals surface area contributed by atoms with Gasteiger partial charge < -0.3 is 9.47 Å². The molecule has 0 amide bonds. The van der Waals surface area contributed by atoms with Crippen LogP contribution in [-0.4, -0.2) is 24.1 Å². The Morgan fingerprint density at radius 1 is 1.20 bits per heavy atom. The van der Waals surface area contributed by atoms with Gasteiger partial charge in [0.1, 0.15) is 0 Å². The minimum absolute atomic E-state index is 0.237. The molecule has 0 aromatic heterocycles. The maximum Gasteiger partial charge on any atom is 0.355 e. The molecule has 0 aliphatic heterocycles. The summed E-state index contributed by atoms with van der Waals surface area (Å²) in [5.74, 6) is -1.09. The molecule has 1 aliphatic rings. The Hall–Kier alpha value is -2.36. The van der Waals surface area contributed by atoms with Gasteiger partial charge in [0.2, 0.25) is 5.60 Å². The monoisotopic (exact) mass is 272 g/mol. The average Bonchev–Trinajstić information content (AvgIpc) is 2.49. The summed E-state index contributed by atoms with van der Waals surface area (Å²) >= 11 is 0. The van der Waals surface area contributed by atoms with E-state index in [2.05, 4.69) is 0 Å². The fourth-order valence-electron chi connectivity index (χ4n) is 1.92. The van der Waals surface area contributed by atoms with E-state index in [1.165, 1.54) is 0 Å². The van der Waals surface area contributed by atoms with Crippen LogP contribution in [0.25, 0.3) is 0 Å². The molecule has 0 fully saturated rings. The molecule has 0 radical (unpaired) electrons. The summed E-state index contributed by atoms with van der Waals surface area (Å²) in [5, 5.41) is 0. The molecule has 1 atom stereocenters. The highest BCUT2D eigenvalue weighted by atomic mass is 16.6. The van der Waals surface area contributed by atoms with Crippen LogP contribution in [0.15, 0.2) is 54.6 Å². The van der Waals surface area contributed by atoms with E-state index in [1.807, 2.05) is 0 Å². The number of hydrogen-bond donors (Lipinski definition) is 0. The van der Waals surface area contributed by atoms with Crippen LogP contribution in [0.3, 0.4) is 0 Å². The highest BCUT2D eigenvalue weighted by molar-refractivity contribution is 5.93. The van der Waals surface area contributed by atoms with Crippen LogP contribution in [0.5, 0.6) is 0 Å². The first-order chi connectivity index (χ1) is 9.68. The molecular weight excluding hydrogens is 256 g/mol. The van der Waals surface area contributed by atoms with E-state index in [0.717, 1.165) is 0 Å². The molecule has 0 N–H and O–H groups in total. The van der Waals surface area contributed by atoms with Crippen LogP contribution >= 0.6 is 0 Å². The van der Waals surface area contributed by atoms with E-state index in [1.54, 1.807) is 61.6 Å². The average molecular weight is 272 g/mol. The molecule has 1 aromatic rings. The number of hydrogen-bond acceptors (Lipinski definition) is 4. The molecule has 0 spiro atoms. The van der Waals surface area contributed by atoms with Gasteiger partial charge in [0.15, 0.2) is 0 Å². The number of rotatable bonds is 4. The lowest BCUT2D eigenvalue weighted by molar-refractivity contribution is -0.160. The topological polar surface area (TPSA) is 52.6 Å². The van der Waals surface area contributed by atoms with Crippen molar-refractivity contribution in [1.29, 1.82) is 0 Å². The Bertz CT molecular complexity index is 545. The molecule has 20 heavy (non-hydrogen) atoms. The second-order valence-electron chi connectivity index (χ2n) is 4.36. The van der Waals surface area contributed by atoms with E-state index >= 15 is 0 Å². The summed E-state index contributed by atoms with van der Waals surface area (Å²) in [6.07, 6.45) is 7.09. The minimum Gasteiger partial charge on any atom is -0.463 e. The third kappa shape index (κ3) is 2.96. The Balaban J connectivity index is 2.21. The first-order valence-electron chi connectivity index (χ1n) is 6.48. The minimum atomic E-state index is -1.36. The Kier molecular flexibility index (Phi) is 4.35.